The van der Waals surface area contributed by atoms with Crippen molar-refractivity contribution in [2.45, 2.75) is 77.4 Å². The number of rotatable bonds is 11. The molecule has 1 aliphatic rings. The van der Waals surface area contributed by atoms with Gasteiger partial charge in [-0.15, -0.1) is 0 Å². The van der Waals surface area contributed by atoms with Crippen LogP contribution in [0.2, 0.25) is 0 Å². The number of hydrogen-bond acceptors (Lipinski definition) is 4. The maximum atomic E-state index is 13.4. The molecule has 2 aromatic carbocycles. The summed E-state index contributed by atoms with van der Waals surface area (Å²) in [5.41, 5.74) is 2.47. The zero-order chi connectivity index (χ0) is 27.0. The van der Waals surface area contributed by atoms with E-state index in [9.17, 15) is 18.0 Å². The predicted molar refractivity (Wildman–Crippen MR) is 152 cm³/mol. The van der Waals surface area contributed by atoms with Crippen molar-refractivity contribution in [3.8, 4) is 0 Å². The number of sulfonamides is 1. The highest BCUT2D eigenvalue weighted by Crippen LogP contribution is 2.21. The van der Waals surface area contributed by atoms with Gasteiger partial charge in [-0.3, -0.25) is 13.9 Å². The van der Waals surface area contributed by atoms with Gasteiger partial charge in [-0.2, -0.15) is 0 Å². The molecule has 37 heavy (non-hydrogen) atoms. The summed E-state index contributed by atoms with van der Waals surface area (Å²) in [7, 11) is -3.51. The number of halogens is 1. The molecule has 1 N–H and O–H groups in total. The minimum absolute atomic E-state index is 0.134. The summed E-state index contributed by atoms with van der Waals surface area (Å²) in [4.78, 5) is 28.2. The first-order valence-electron chi connectivity index (χ1n) is 12.9. The Kier molecular flexibility index (Phi) is 10.6. The largest absolute Gasteiger partial charge is 0.352 e. The van der Waals surface area contributed by atoms with Crippen molar-refractivity contribution in [1.82, 2.24) is 10.2 Å². The van der Waals surface area contributed by atoms with Gasteiger partial charge in [-0.05, 0) is 68.5 Å². The van der Waals surface area contributed by atoms with Gasteiger partial charge in [0.1, 0.15) is 6.04 Å². The topological polar surface area (TPSA) is 86.8 Å². The van der Waals surface area contributed by atoms with Crippen LogP contribution in [0, 0.1) is 6.92 Å². The molecule has 0 spiro atoms. The number of aryl methyl sites for hydroxylation is 1. The molecule has 0 saturated heterocycles. The quantitative estimate of drug-likeness (QED) is 0.390. The van der Waals surface area contributed by atoms with E-state index in [-0.39, 0.29) is 30.8 Å². The van der Waals surface area contributed by atoms with Crippen LogP contribution in [0.5, 0.6) is 0 Å². The Morgan fingerprint density at radius 1 is 1.08 bits per heavy atom. The Bertz CT molecular complexity index is 1160. The number of anilines is 1. The highest BCUT2D eigenvalue weighted by Gasteiger charge is 2.28. The molecule has 0 bridgehead atoms. The van der Waals surface area contributed by atoms with Crippen LogP contribution >= 0.6 is 15.9 Å². The average Bonchev–Trinajstić information content (AvgIpc) is 2.85. The summed E-state index contributed by atoms with van der Waals surface area (Å²) in [6.45, 7) is 4.17. The monoisotopic (exact) mass is 591 g/mol. The molecule has 1 saturated carbocycles. The lowest BCUT2D eigenvalue weighted by atomic mass is 9.95. The number of nitrogens with zero attached hydrogens (tertiary/aromatic N) is 2. The minimum Gasteiger partial charge on any atom is -0.352 e. The van der Waals surface area contributed by atoms with Crippen LogP contribution in [0.15, 0.2) is 53.0 Å². The lowest BCUT2D eigenvalue weighted by Crippen LogP contribution is -2.50. The average molecular weight is 593 g/mol. The normalized spacial score (nSPS) is 15.1. The third-order valence-corrected chi connectivity index (χ3v) is 8.55. The van der Waals surface area contributed by atoms with Gasteiger partial charge in [-0.25, -0.2) is 8.42 Å². The summed E-state index contributed by atoms with van der Waals surface area (Å²) in [6, 6.07) is 14.5. The number of benzene rings is 2. The van der Waals surface area contributed by atoms with Crippen molar-refractivity contribution in [3.05, 3.63) is 64.1 Å². The van der Waals surface area contributed by atoms with Crippen LogP contribution in [0.1, 0.15) is 63.0 Å². The highest BCUT2D eigenvalue weighted by atomic mass is 79.9. The third kappa shape index (κ3) is 8.85. The first-order chi connectivity index (χ1) is 17.5. The smallest absolute Gasteiger partial charge is 0.242 e. The predicted octanol–water partition coefficient (Wildman–Crippen LogP) is 5.17. The summed E-state index contributed by atoms with van der Waals surface area (Å²) in [6.07, 6.45) is 7.01. The molecule has 202 valence electrons. The van der Waals surface area contributed by atoms with Gasteiger partial charge < -0.3 is 10.2 Å². The van der Waals surface area contributed by atoms with Crippen LogP contribution < -0.4 is 9.62 Å². The number of carbonyl (C=O) groups is 2. The van der Waals surface area contributed by atoms with Gasteiger partial charge in [0.2, 0.25) is 21.8 Å². The molecule has 9 heteroatoms. The van der Waals surface area contributed by atoms with Crippen molar-refractivity contribution < 1.29 is 18.0 Å². The van der Waals surface area contributed by atoms with Crippen LogP contribution in [-0.2, 0) is 26.2 Å². The molecular weight excluding hydrogens is 554 g/mol. The van der Waals surface area contributed by atoms with E-state index in [0.717, 1.165) is 41.3 Å². The maximum absolute atomic E-state index is 13.4. The summed E-state index contributed by atoms with van der Waals surface area (Å²) < 4.78 is 27.2. The van der Waals surface area contributed by atoms with Gasteiger partial charge in [0.25, 0.3) is 0 Å². The summed E-state index contributed by atoms with van der Waals surface area (Å²) in [5, 5.41) is 3.14. The van der Waals surface area contributed by atoms with Crippen molar-refractivity contribution in [2.75, 3.05) is 17.1 Å². The fourth-order valence-electron chi connectivity index (χ4n) is 4.72. The second kappa shape index (κ2) is 13.4. The number of carbonyl (C=O) groups excluding carboxylic acids is 2. The van der Waals surface area contributed by atoms with Crippen LogP contribution in [0.3, 0.4) is 0 Å². The zero-order valence-electron chi connectivity index (χ0n) is 22.0. The second-order valence-electron chi connectivity index (χ2n) is 9.95. The highest BCUT2D eigenvalue weighted by molar-refractivity contribution is 9.10. The Morgan fingerprint density at radius 3 is 2.38 bits per heavy atom. The Labute approximate surface area is 229 Å². The Hall–Kier alpha value is -2.39. The summed E-state index contributed by atoms with van der Waals surface area (Å²) >= 11 is 3.44. The van der Waals surface area contributed by atoms with Crippen molar-refractivity contribution in [2.24, 2.45) is 0 Å². The fraction of sp³-hybridized carbons (Fsp3) is 0.500. The lowest BCUT2D eigenvalue weighted by Gasteiger charge is -2.31. The van der Waals surface area contributed by atoms with Crippen molar-refractivity contribution >= 4 is 43.5 Å². The van der Waals surface area contributed by atoms with Crippen LogP contribution in [0.25, 0.3) is 0 Å². The molecule has 0 heterocycles. The van der Waals surface area contributed by atoms with Gasteiger partial charge in [-0.1, -0.05) is 59.5 Å². The van der Waals surface area contributed by atoms with Gasteiger partial charge in [0, 0.05) is 30.0 Å². The molecular formula is C28H38BrN3O4S. The first kappa shape index (κ1) is 29.2. The third-order valence-electron chi connectivity index (χ3n) is 6.83. The van der Waals surface area contributed by atoms with E-state index in [0.29, 0.717) is 18.7 Å². The standard InChI is InChI=1S/C28H38BrN3O4S/c1-21-9-7-12-26(19-21)32(37(3,35)36)18-8-13-27(33)31(20-23-14-16-24(29)17-15-23)22(2)28(34)30-25-10-5-4-6-11-25/h7,9,12,14-17,19,22,25H,4-6,8,10-11,13,18,20H2,1-3H3,(H,30,34)/t22-/m1/s1. The zero-order valence-corrected chi connectivity index (χ0v) is 24.4. The van der Waals surface area contributed by atoms with Crippen molar-refractivity contribution in [3.63, 3.8) is 0 Å². The molecule has 7 nitrogen and oxygen atoms in total. The minimum atomic E-state index is -3.51. The van der Waals surface area contributed by atoms with E-state index in [1.165, 1.54) is 17.0 Å². The Morgan fingerprint density at radius 2 is 1.76 bits per heavy atom. The molecule has 0 radical (unpaired) electrons. The van der Waals surface area contributed by atoms with E-state index >= 15 is 0 Å². The van der Waals surface area contributed by atoms with E-state index in [1.807, 2.05) is 49.4 Å². The molecule has 0 unspecified atom stereocenters. The number of amides is 2. The number of nitrogens with one attached hydrogen (secondary N) is 1. The molecule has 0 aliphatic heterocycles. The Balaban J connectivity index is 1.71. The van der Waals surface area contributed by atoms with Gasteiger partial charge in [0.15, 0.2) is 0 Å². The molecule has 0 aromatic heterocycles. The molecule has 2 aromatic rings. The maximum Gasteiger partial charge on any atom is 0.242 e. The first-order valence-corrected chi connectivity index (χ1v) is 15.6. The molecule has 1 fully saturated rings. The van der Waals surface area contributed by atoms with E-state index < -0.39 is 16.1 Å². The SMILES string of the molecule is Cc1cccc(N(CCCC(=O)N(Cc2ccc(Br)cc2)[C@H](C)C(=O)NC2CCCCC2)S(C)(=O)=O)c1. The van der Waals surface area contributed by atoms with Gasteiger partial charge in [0.05, 0.1) is 11.9 Å². The molecule has 1 atom stereocenters. The second-order valence-corrected chi connectivity index (χ2v) is 12.8. The van der Waals surface area contributed by atoms with Crippen LogP contribution in [-0.4, -0.2) is 50.0 Å². The van der Waals surface area contributed by atoms with E-state index in [4.69, 9.17) is 0 Å². The van der Waals surface area contributed by atoms with E-state index in [1.54, 1.807) is 17.9 Å². The molecule has 1 aliphatic carbocycles. The molecule has 3 rings (SSSR count). The van der Waals surface area contributed by atoms with Gasteiger partial charge >= 0.3 is 0 Å². The number of hydrogen-bond donors (Lipinski definition) is 1. The van der Waals surface area contributed by atoms with Crippen molar-refractivity contribution in [1.29, 1.82) is 0 Å². The van der Waals surface area contributed by atoms with E-state index in [2.05, 4.69) is 21.2 Å². The lowest BCUT2D eigenvalue weighted by molar-refractivity contribution is -0.141. The summed E-state index contributed by atoms with van der Waals surface area (Å²) in [5.74, 6) is -0.318. The fourth-order valence-corrected chi connectivity index (χ4v) is 5.95. The van der Waals surface area contributed by atoms with Crippen LogP contribution in [0.4, 0.5) is 5.69 Å². The molecule has 2 amide bonds.